The topological polar surface area (TPSA) is 92.7 Å². The van der Waals surface area contributed by atoms with Gasteiger partial charge in [0.05, 0.1) is 31.5 Å². The lowest BCUT2D eigenvalue weighted by atomic mass is 9.88. The van der Waals surface area contributed by atoms with E-state index in [1.54, 1.807) is 6.07 Å². The second-order valence-corrected chi connectivity index (χ2v) is 14.2. The molecule has 6 aromatic rings. The Bertz CT molecular complexity index is 2150. The minimum Gasteiger partial charge on any atom is -0.507 e. The van der Waals surface area contributed by atoms with Crippen molar-refractivity contribution in [3.63, 3.8) is 0 Å². The van der Waals surface area contributed by atoms with Gasteiger partial charge >= 0.3 is 0 Å². The lowest BCUT2D eigenvalue weighted by Gasteiger charge is -2.46. The van der Waals surface area contributed by atoms with Gasteiger partial charge in [-0.2, -0.15) is 0 Å². The average molecular weight is 765 g/mol. The molecule has 0 saturated carbocycles. The first kappa shape index (κ1) is 39.5. The van der Waals surface area contributed by atoms with Crippen LogP contribution in [-0.2, 0) is 52.0 Å². The summed E-state index contributed by atoms with van der Waals surface area (Å²) in [5, 5.41) is 12.4. The molecule has 6 aromatic carbocycles. The molecule has 1 saturated heterocycles. The molecule has 5 atom stereocenters. The first-order valence-corrected chi connectivity index (χ1v) is 19.3. The zero-order valence-electron chi connectivity index (χ0n) is 32.2. The van der Waals surface area contributed by atoms with Gasteiger partial charge in [-0.25, -0.2) is 0 Å². The van der Waals surface area contributed by atoms with Gasteiger partial charge in [-0.15, -0.1) is 0 Å². The first-order chi connectivity index (χ1) is 27.9. The van der Waals surface area contributed by atoms with E-state index in [4.69, 9.17) is 28.4 Å². The number of aromatic hydroxyl groups is 1. The van der Waals surface area contributed by atoms with E-state index in [0.29, 0.717) is 12.4 Å². The molecule has 1 N–H and O–H groups in total. The molecule has 0 unspecified atom stereocenters. The van der Waals surface area contributed by atoms with Crippen LogP contribution in [0.25, 0.3) is 0 Å². The van der Waals surface area contributed by atoms with Crippen molar-refractivity contribution in [1.82, 2.24) is 0 Å². The van der Waals surface area contributed by atoms with Crippen LogP contribution in [0.5, 0.6) is 17.2 Å². The van der Waals surface area contributed by atoms with Gasteiger partial charge in [0.1, 0.15) is 60.4 Å². The summed E-state index contributed by atoms with van der Waals surface area (Å²) in [5.74, 6) is -0.187. The Kier molecular flexibility index (Phi) is 13.4. The van der Waals surface area contributed by atoms with E-state index in [2.05, 4.69) is 0 Å². The van der Waals surface area contributed by atoms with Crippen molar-refractivity contribution in [2.24, 2.45) is 0 Å². The molecule has 0 radical (unpaired) electrons. The Hall–Kier alpha value is -5.77. The standard InChI is InChI=1S/C49H48O8/c1-34(50)43-41(52-29-36-18-8-3-9-19-36)28-42(53-30-37-20-10-4-11-21-37)44(45(43)51)47-49(56-33-40-26-16-7-17-27-40)48(55-32-39-24-14-6-15-25-39)46(35(2)57-47)54-31-38-22-12-5-13-23-38/h3-28,35,46-49,51H,29-33H2,1-2H3/t35-,46-,47+,48+,49-/m0/s1. The minimum atomic E-state index is -0.965. The summed E-state index contributed by atoms with van der Waals surface area (Å²) in [4.78, 5) is 13.5. The zero-order valence-corrected chi connectivity index (χ0v) is 32.2. The van der Waals surface area contributed by atoms with Crippen molar-refractivity contribution < 1.29 is 38.3 Å². The second-order valence-electron chi connectivity index (χ2n) is 14.2. The number of benzene rings is 6. The van der Waals surface area contributed by atoms with Crippen molar-refractivity contribution in [3.05, 3.63) is 197 Å². The van der Waals surface area contributed by atoms with Crippen molar-refractivity contribution in [1.29, 1.82) is 0 Å². The maximum absolute atomic E-state index is 13.5. The number of phenolic OH excluding ortho intramolecular Hbond substituents is 1. The van der Waals surface area contributed by atoms with E-state index >= 15 is 0 Å². The van der Waals surface area contributed by atoms with E-state index < -0.39 is 30.5 Å². The molecule has 0 aromatic heterocycles. The normalized spacial score (nSPS) is 19.2. The third-order valence-corrected chi connectivity index (χ3v) is 10.0. The Morgan fingerprint density at radius 1 is 0.526 bits per heavy atom. The van der Waals surface area contributed by atoms with E-state index in [1.165, 1.54) is 6.92 Å². The Balaban J connectivity index is 1.33. The number of carbonyl (C=O) groups is 1. The molecule has 1 fully saturated rings. The second kappa shape index (κ2) is 19.4. The minimum absolute atomic E-state index is 0.0234. The van der Waals surface area contributed by atoms with Crippen molar-refractivity contribution in [2.45, 2.75) is 77.4 Å². The fourth-order valence-electron chi connectivity index (χ4n) is 7.10. The van der Waals surface area contributed by atoms with Crippen LogP contribution < -0.4 is 9.47 Å². The highest BCUT2D eigenvalue weighted by molar-refractivity contribution is 6.00. The predicted molar refractivity (Wildman–Crippen MR) is 218 cm³/mol. The molecule has 292 valence electrons. The van der Waals surface area contributed by atoms with Gasteiger partial charge in [0, 0.05) is 6.07 Å². The molecule has 0 aliphatic carbocycles. The third kappa shape index (κ3) is 10.2. The molecular weight excluding hydrogens is 717 g/mol. The number of ether oxygens (including phenoxy) is 6. The molecule has 1 heterocycles. The highest BCUT2D eigenvalue weighted by atomic mass is 16.6. The molecular formula is C49H48O8. The van der Waals surface area contributed by atoms with Gasteiger partial charge in [-0.05, 0) is 41.7 Å². The van der Waals surface area contributed by atoms with E-state index in [1.807, 2.05) is 159 Å². The number of hydrogen-bond acceptors (Lipinski definition) is 8. The van der Waals surface area contributed by atoms with E-state index in [-0.39, 0.29) is 54.8 Å². The number of ketones is 1. The van der Waals surface area contributed by atoms with Gasteiger partial charge in [0.25, 0.3) is 0 Å². The van der Waals surface area contributed by atoms with Crippen LogP contribution in [0.2, 0.25) is 0 Å². The molecule has 0 amide bonds. The zero-order chi connectivity index (χ0) is 39.4. The monoisotopic (exact) mass is 764 g/mol. The van der Waals surface area contributed by atoms with Gasteiger partial charge in [-0.3, -0.25) is 4.79 Å². The van der Waals surface area contributed by atoms with Crippen LogP contribution in [0.3, 0.4) is 0 Å². The average Bonchev–Trinajstić information content (AvgIpc) is 3.25. The van der Waals surface area contributed by atoms with Gasteiger partial charge in [0.2, 0.25) is 0 Å². The van der Waals surface area contributed by atoms with E-state index in [0.717, 1.165) is 27.8 Å². The maximum Gasteiger partial charge on any atom is 0.167 e. The number of rotatable bonds is 17. The van der Waals surface area contributed by atoms with E-state index in [9.17, 15) is 9.90 Å². The maximum atomic E-state index is 13.5. The summed E-state index contributed by atoms with van der Waals surface area (Å²) >= 11 is 0. The summed E-state index contributed by atoms with van der Waals surface area (Å²) in [6.07, 6.45) is -3.63. The van der Waals surface area contributed by atoms with Gasteiger partial charge in [0.15, 0.2) is 5.78 Å². The van der Waals surface area contributed by atoms with Crippen LogP contribution in [0.4, 0.5) is 0 Å². The third-order valence-electron chi connectivity index (χ3n) is 10.0. The number of phenols is 1. The van der Waals surface area contributed by atoms with Crippen LogP contribution in [0, 0.1) is 0 Å². The summed E-state index contributed by atoms with van der Waals surface area (Å²) < 4.78 is 40.1. The van der Waals surface area contributed by atoms with Crippen LogP contribution in [-0.4, -0.2) is 35.3 Å². The largest absolute Gasteiger partial charge is 0.507 e. The number of carbonyl (C=O) groups excluding carboxylic acids is 1. The van der Waals surface area contributed by atoms with Crippen LogP contribution >= 0.6 is 0 Å². The molecule has 8 nitrogen and oxygen atoms in total. The number of Topliss-reactive ketones (excluding diaryl/α,β-unsaturated/α-hetero) is 1. The Morgan fingerprint density at radius 2 is 0.895 bits per heavy atom. The Labute approximate surface area is 334 Å². The molecule has 8 heteroatoms. The summed E-state index contributed by atoms with van der Waals surface area (Å²) in [7, 11) is 0. The smallest absolute Gasteiger partial charge is 0.167 e. The first-order valence-electron chi connectivity index (χ1n) is 19.3. The molecule has 1 aliphatic heterocycles. The SMILES string of the molecule is CC(=O)c1c(OCc2ccccc2)cc(OCc2ccccc2)c([C@H]2O[C@@H](C)[C@H](OCc3ccccc3)[C@@H](OCc3ccccc3)[C@H]2OCc2ccccc2)c1O. The fraction of sp³-hybridized carbons (Fsp3) is 0.245. The van der Waals surface area contributed by atoms with Gasteiger partial charge < -0.3 is 33.5 Å². The summed E-state index contributed by atoms with van der Waals surface area (Å²) in [6, 6.07) is 50.8. The van der Waals surface area contributed by atoms with Gasteiger partial charge in [-0.1, -0.05) is 152 Å². The molecule has 0 spiro atoms. The predicted octanol–water partition coefficient (Wildman–Crippen LogP) is 9.97. The quantitative estimate of drug-likeness (QED) is 0.0919. The summed E-state index contributed by atoms with van der Waals surface area (Å²) in [5.41, 5.74) is 5.03. The van der Waals surface area contributed by atoms with Crippen LogP contribution in [0.15, 0.2) is 158 Å². The number of hydrogen-bond donors (Lipinski definition) is 1. The fourth-order valence-corrected chi connectivity index (χ4v) is 7.10. The van der Waals surface area contributed by atoms with Crippen molar-refractivity contribution in [3.8, 4) is 17.2 Å². The van der Waals surface area contributed by atoms with Crippen LogP contribution in [0.1, 0.15) is 63.7 Å². The highest BCUT2D eigenvalue weighted by Gasteiger charge is 2.49. The van der Waals surface area contributed by atoms with Crippen molar-refractivity contribution >= 4 is 5.78 Å². The lowest BCUT2D eigenvalue weighted by Crippen LogP contribution is -2.56. The lowest BCUT2D eigenvalue weighted by molar-refractivity contribution is -0.264. The molecule has 1 aliphatic rings. The molecule has 7 rings (SSSR count). The molecule has 57 heavy (non-hydrogen) atoms. The van der Waals surface area contributed by atoms with Crippen molar-refractivity contribution in [2.75, 3.05) is 0 Å². The highest BCUT2D eigenvalue weighted by Crippen LogP contribution is 2.49. The molecule has 0 bridgehead atoms. The summed E-state index contributed by atoms with van der Waals surface area (Å²) in [6.45, 7) is 4.50. The Morgan fingerprint density at radius 3 is 1.32 bits per heavy atom.